The molecule has 0 amide bonds. The number of piperidine rings is 1. The number of nitrogens with one attached hydrogen (secondary N) is 1. The molecule has 0 saturated carbocycles. The van der Waals surface area contributed by atoms with E-state index in [-0.39, 0.29) is 30.0 Å². The highest BCUT2D eigenvalue weighted by atomic mass is 127. The first-order chi connectivity index (χ1) is 12.9. The van der Waals surface area contributed by atoms with Gasteiger partial charge >= 0.3 is 0 Å². The summed E-state index contributed by atoms with van der Waals surface area (Å²) in [5.74, 6) is 2.00. The van der Waals surface area contributed by atoms with E-state index >= 15 is 0 Å². The molecule has 2 heterocycles. The minimum absolute atomic E-state index is 0. The second-order valence-electron chi connectivity index (χ2n) is 7.83. The average molecular weight is 520 g/mol. The van der Waals surface area contributed by atoms with Crippen LogP contribution >= 0.6 is 24.0 Å². The van der Waals surface area contributed by atoms with Crippen LogP contribution < -0.4 is 5.32 Å². The van der Waals surface area contributed by atoms with Gasteiger partial charge in [-0.3, -0.25) is 4.99 Å². The van der Waals surface area contributed by atoms with E-state index in [0.717, 1.165) is 38.3 Å². The van der Waals surface area contributed by atoms with Crippen LogP contribution in [0.25, 0.3) is 0 Å². The summed E-state index contributed by atoms with van der Waals surface area (Å²) in [5, 5.41) is 3.43. The van der Waals surface area contributed by atoms with Crippen LogP contribution in [0.2, 0.25) is 0 Å². The maximum Gasteiger partial charge on any atom is 0.211 e. The first-order valence-corrected chi connectivity index (χ1v) is 11.7. The van der Waals surface area contributed by atoms with Crippen molar-refractivity contribution in [2.45, 2.75) is 38.1 Å². The zero-order valence-corrected chi connectivity index (χ0v) is 20.2. The van der Waals surface area contributed by atoms with Crippen molar-refractivity contribution in [3.05, 3.63) is 35.9 Å². The van der Waals surface area contributed by atoms with Gasteiger partial charge in [0.05, 0.1) is 6.26 Å². The minimum atomic E-state index is -3.14. The maximum absolute atomic E-state index is 11.9. The Morgan fingerprint density at radius 1 is 1.21 bits per heavy atom. The summed E-state index contributed by atoms with van der Waals surface area (Å²) in [5.41, 5.74) is 1.42. The fraction of sp³-hybridized carbons (Fsp3) is 0.650. The average Bonchev–Trinajstić information content (AvgIpc) is 3.12. The Labute approximate surface area is 186 Å². The summed E-state index contributed by atoms with van der Waals surface area (Å²) < 4.78 is 25.5. The zero-order chi connectivity index (χ0) is 19.4. The fourth-order valence-electron chi connectivity index (χ4n) is 4.52. The lowest BCUT2D eigenvalue weighted by Crippen LogP contribution is -2.51. The van der Waals surface area contributed by atoms with E-state index in [1.54, 1.807) is 11.4 Å². The molecule has 2 aliphatic heterocycles. The molecule has 0 spiro atoms. The van der Waals surface area contributed by atoms with Gasteiger partial charge in [-0.2, -0.15) is 4.31 Å². The maximum atomic E-state index is 11.9. The highest BCUT2D eigenvalue weighted by molar-refractivity contribution is 14.0. The smallest absolute Gasteiger partial charge is 0.211 e. The lowest BCUT2D eigenvalue weighted by molar-refractivity contribution is 0.233. The van der Waals surface area contributed by atoms with Crippen molar-refractivity contribution in [1.29, 1.82) is 0 Å². The number of aliphatic imine (C=N–C) groups is 1. The molecule has 2 saturated heterocycles. The monoisotopic (exact) mass is 520 g/mol. The number of benzene rings is 1. The van der Waals surface area contributed by atoms with E-state index in [9.17, 15) is 8.42 Å². The van der Waals surface area contributed by atoms with Crippen LogP contribution in [-0.2, 0) is 10.0 Å². The van der Waals surface area contributed by atoms with Crippen LogP contribution in [0, 0.1) is 5.92 Å². The molecule has 0 aromatic heterocycles. The summed E-state index contributed by atoms with van der Waals surface area (Å²) in [6.45, 7) is 5.47. The number of guanidine groups is 1. The Bertz CT molecular complexity index is 757. The van der Waals surface area contributed by atoms with Crippen molar-refractivity contribution in [3.8, 4) is 0 Å². The van der Waals surface area contributed by atoms with Gasteiger partial charge in [0, 0.05) is 39.3 Å². The molecular formula is C20H33IN4O2S. The van der Waals surface area contributed by atoms with Crippen LogP contribution in [0.1, 0.15) is 37.7 Å². The van der Waals surface area contributed by atoms with E-state index in [1.807, 2.05) is 0 Å². The Morgan fingerprint density at radius 3 is 2.54 bits per heavy atom. The quantitative estimate of drug-likeness (QED) is 0.377. The third-order valence-corrected chi connectivity index (χ3v) is 7.22. The molecule has 28 heavy (non-hydrogen) atoms. The summed E-state index contributed by atoms with van der Waals surface area (Å²) in [6.07, 6.45) is 4.24. The minimum Gasteiger partial charge on any atom is -0.355 e. The molecule has 8 heteroatoms. The van der Waals surface area contributed by atoms with Crippen molar-refractivity contribution in [2.75, 3.05) is 39.5 Å². The number of rotatable bonds is 4. The van der Waals surface area contributed by atoms with E-state index in [1.165, 1.54) is 11.8 Å². The van der Waals surface area contributed by atoms with Crippen LogP contribution in [0.3, 0.4) is 0 Å². The van der Waals surface area contributed by atoms with Crippen molar-refractivity contribution in [3.63, 3.8) is 0 Å². The Hall–Kier alpha value is -0.870. The number of hydrogen-bond donors (Lipinski definition) is 1. The summed E-state index contributed by atoms with van der Waals surface area (Å²) >= 11 is 0. The van der Waals surface area contributed by atoms with E-state index < -0.39 is 10.0 Å². The van der Waals surface area contributed by atoms with Crippen LogP contribution in [0.5, 0.6) is 0 Å². The SMILES string of the molecule is CN=C(NC[C@H]1CCCN1S(C)(=O)=O)N1CCC(c2ccccc2)C(C)C1.I. The lowest BCUT2D eigenvalue weighted by atomic mass is 9.82. The molecular weight excluding hydrogens is 487 g/mol. The molecule has 0 bridgehead atoms. The highest BCUT2D eigenvalue weighted by Gasteiger charge is 2.32. The van der Waals surface area contributed by atoms with Crippen molar-refractivity contribution in [2.24, 2.45) is 10.9 Å². The largest absolute Gasteiger partial charge is 0.355 e. The second-order valence-corrected chi connectivity index (χ2v) is 9.76. The van der Waals surface area contributed by atoms with Gasteiger partial charge in [0.25, 0.3) is 0 Å². The molecule has 1 aromatic carbocycles. The van der Waals surface area contributed by atoms with Gasteiger partial charge in [-0.1, -0.05) is 37.3 Å². The number of hydrogen-bond acceptors (Lipinski definition) is 3. The molecule has 2 fully saturated rings. The molecule has 1 N–H and O–H groups in total. The first-order valence-electron chi connectivity index (χ1n) is 9.87. The molecule has 158 valence electrons. The van der Waals surface area contributed by atoms with Crippen molar-refractivity contribution < 1.29 is 8.42 Å². The molecule has 3 rings (SSSR count). The van der Waals surface area contributed by atoms with Gasteiger partial charge in [-0.15, -0.1) is 24.0 Å². The van der Waals surface area contributed by atoms with Crippen LogP contribution in [0.4, 0.5) is 0 Å². The predicted molar refractivity (Wildman–Crippen MR) is 126 cm³/mol. The predicted octanol–water partition coefficient (Wildman–Crippen LogP) is 2.73. The Balaban J connectivity index is 0.00000280. The van der Waals surface area contributed by atoms with E-state index in [2.05, 4.69) is 52.5 Å². The molecule has 6 nitrogen and oxygen atoms in total. The van der Waals surface area contributed by atoms with Gasteiger partial charge < -0.3 is 10.2 Å². The molecule has 0 radical (unpaired) electrons. The van der Waals surface area contributed by atoms with E-state index in [0.29, 0.717) is 24.9 Å². The zero-order valence-electron chi connectivity index (χ0n) is 17.0. The Morgan fingerprint density at radius 2 is 1.93 bits per heavy atom. The van der Waals surface area contributed by atoms with Crippen LogP contribution in [-0.4, -0.2) is 69.1 Å². The summed E-state index contributed by atoms with van der Waals surface area (Å²) in [7, 11) is -1.33. The van der Waals surface area contributed by atoms with Gasteiger partial charge in [-0.05, 0) is 36.7 Å². The Kier molecular flexibility index (Phi) is 8.57. The fourth-order valence-corrected chi connectivity index (χ4v) is 5.71. The third-order valence-electron chi connectivity index (χ3n) is 5.89. The second kappa shape index (κ2) is 10.2. The van der Waals surface area contributed by atoms with Crippen LogP contribution in [0.15, 0.2) is 35.3 Å². The van der Waals surface area contributed by atoms with E-state index in [4.69, 9.17) is 0 Å². The van der Waals surface area contributed by atoms with Gasteiger partial charge in [0.1, 0.15) is 0 Å². The summed E-state index contributed by atoms with van der Waals surface area (Å²) in [6, 6.07) is 10.8. The van der Waals surface area contributed by atoms with Crippen molar-refractivity contribution >= 4 is 40.0 Å². The van der Waals surface area contributed by atoms with Gasteiger partial charge in [0.2, 0.25) is 10.0 Å². The molecule has 3 atom stereocenters. The first kappa shape index (κ1) is 23.4. The molecule has 0 aliphatic carbocycles. The normalized spacial score (nSPS) is 26.8. The van der Waals surface area contributed by atoms with Gasteiger partial charge in [0.15, 0.2) is 5.96 Å². The molecule has 1 aromatic rings. The standard InChI is InChI=1S/C20H32N4O2S.HI/c1-16-15-23(13-11-19(16)17-8-5-4-6-9-17)20(21-2)22-14-18-10-7-12-24(18)27(3,25)26;/h4-6,8-9,16,18-19H,7,10-15H2,1-3H3,(H,21,22);1H/t16?,18-,19?;/m1./s1. The lowest BCUT2D eigenvalue weighted by Gasteiger charge is -2.39. The third kappa shape index (κ3) is 5.60. The number of likely N-dealkylation sites (tertiary alicyclic amines) is 1. The molecule has 2 aliphatic rings. The van der Waals surface area contributed by atoms with Gasteiger partial charge in [-0.25, -0.2) is 8.42 Å². The number of sulfonamides is 1. The topological polar surface area (TPSA) is 65.0 Å². The number of nitrogens with zero attached hydrogens (tertiary/aromatic N) is 3. The highest BCUT2D eigenvalue weighted by Crippen LogP contribution is 2.32. The van der Waals surface area contributed by atoms with Crippen molar-refractivity contribution in [1.82, 2.24) is 14.5 Å². The molecule has 2 unspecified atom stereocenters. The summed E-state index contributed by atoms with van der Waals surface area (Å²) in [4.78, 5) is 6.76. The number of halogens is 1.